The van der Waals surface area contributed by atoms with Crippen LogP contribution >= 0.6 is 0 Å². The minimum absolute atomic E-state index is 0.210. The van der Waals surface area contributed by atoms with E-state index in [-0.39, 0.29) is 11.6 Å². The molecule has 0 radical (unpaired) electrons. The molecule has 0 unspecified atom stereocenters. The van der Waals surface area contributed by atoms with Gasteiger partial charge in [-0.3, -0.25) is 0 Å². The Bertz CT molecular complexity index is 166. The van der Waals surface area contributed by atoms with Gasteiger partial charge in [-0.2, -0.15) is 0 Å². The summed E-state index contributed by atoms with van der Waals surface area (Å²) in [6, 6.07) is 0.362. The molecule has 1 N–H and O–H groups in total. The van der Waals surface area contributed by atoms with Gasteiger partial charge in [0, 0.05) is 20.3 Å². The van der Waals surface area contributed by atoms with Crippen LogP contribution in [0.4, 0.5) is 0 Å². The summed E-state index contributed by atoms with van der Waals surface area (Å²) in [6.45, 7) is 10.0. The van der Waals surface area contributed by atoms with Crippen molar-refractivity contribution >= 4 is 0 Å². The first kappa shape index (κ1) is 15.8. The second-order valence-corrected chi connectivity index (χ2v) is 4.81. The van der Waals surface area contributed by atoms with Crippen molar-refractivity contribution in [2.45, 2.75) is 45.4 Å². The smallest absolute Gasteiger partial charge is 0.0891 e. The Balaban J connectivity index is 4.49. The topological polar surface area (TPSA) is 39.7 Å². The Morgan fingerprint density at radius 2 is 1.44 bits per heavy atom. The fraction of sp³-hybridized carbons (Fsp3) is 1.00. The molecule has 16 heavy (non-hydrogen) atoms. The molecule has 0 atom stereocenters. The molecule has 0 aliphatic carbocycles. The number of hydrogen-bond acceptors (Lipinski definition) is 4. The van der Waals surface area contributed by atoms with Crippen LogP contribution in [0.3, 0.4) is 0 Å². The first-order chi connectivity index (χ1) is 7.45. The molecule has 0 aliphatic heterocycles. The minimum Gasteiger partial charge on any atom is -0.383 e. The zero-order valence-corrected chi connectivity index (χ0v) is 11.5. The second-order valence-electron chi connectivity index (χ2n) is 4.81. The van der Waals surface area contributed by atoms with E-state index in [4.69, 9.17) is 14.2 Å². The van der Waals surface area contributed by atoms with Crippen molar-refractivity contribution in [3.63, 3.8) is 0 Å². The van der Waals surface area contributed by atoms with Crippen molar-refractivity contribution in [1.82, 2.24) is 5.32 Å². The fourth-order valence-corrected chi connectivity index (χ4v) is 1.74. The van der Waals surface area contributed by atoms with Gasteiger partial charge in [-0.15, -0.1) is 0 Å². The molecule has 0 fully saturated rings. The number of ether oxygens (including phenoxy) is 3. The average molecular weight is 233 g/mol. The van der Waals surface area contributed by atoms with E-state index < -0.39 is 0 Å². The van der Waals surface area contributed by atoms with Crippen LogP contribution in [0.2, 0.25) is 0 Å². The van der Waals surface area contributed by atoms with Crippen molar-refractivity contribution in [3.05, 3.63) is 0 Å². The molecule has 0 saturated heterocycles. The summed E-state index contributed by atoms with van der Waals surface area (Å²) in [7, 11) is 3.39. The summed E-state index contributed by atoms with van der Waals surface area (Å²) in [5, 5.41) is 3.48. The Kier molecular flexibility index (Phi) is 7.93. The molecule has 0 aromatic rings. The maximum absolute atomic E-state index is 5.69. The van der Waals surface area contributed by atoms with Crippen molar-refractivity contribution < 1.29 is 14.2 Å². The highest BCUT2D eigenvalue weighted by molar-refractivity contribution is 4.89. The molecular formula is C12H27NO3. The van der Waals surface area contributed by atoms with Gasteiger partial charge in [0.05, 0.1) is 31.5 Å². The van der Waals surface area contributed by atoms with Crippen LogP contribution in [-0.4, -0.2) is 51.7 Å². The monoisotopic (exact) mass is 233 g/mol. The summed E-state index contributed by atoms with van der Waals surface area (Å²) in [6.07, 6.45) is 0.210. The summed E-state index contributed by atoms with van der Waals surface area (Å²) in [4.78, 5) is 0. The van der Waals surface area contributed by atoms with Crippen LogP contribution in [0.25, 0.3) is 0 Å². The highest BCUT2D eigenvalue weighted by atomic mass is 16.5. The Hall–Kier alpha value is -0.160. The molecule has 98 valence electrons. The summed E-state index contributed by atoms with van der Waals surface area (Å²) >= 11 is 0. The summed E-state index contributed by atoms with van der Waals surface area (Å²) in [5.74, 6) is 0. The lowest BCUT2D eigenvalue weighted by atomic mass is 10.0. The van der Waals surface area contributed by atoms with Gasteiger partial charge >= 0.3 is 0 Å². The average Bonchev–Trinajstić information content (AvgIpc) is 2.14. The van der Waals surface area contributed by atoms with E-state index in [1.807, 2.05) is 13.8 Å². The quantitative estimate of drug-likeness (QED) is 0.654. The molecule has 4 nitrogen and oxygen atoms in total. The van der Waals surface area contributed by atoms with E-state index in [9.17, 15) is 0 Å². The first-order valence-electron chi connectivity index (χ1n) is 5.83. The van der Waals surface area contributed by atoms with Gasteiger partial charge < -0.3 is 19.5 Å². The van der Waals surface area contributed by atoms with Crippen molar-refractivity contribution in [2.75, 3.05) is 34.0 Å². The molecule has 0 bridgehead atoms. The van der Waals surface area contributed by atoms with Gasteiger partial charge in [-0.1, -0.05) is 13.8 Å². The van der Waals surface area contributed by atoms with E-state index in [1.165, 1.54) is 0 Å². The van der Waals surface area contributed by atoms with Gasteiger partial charge in [0.2, 0.25) is 0 Å². The lowest BCUT2D eigenvalue weighted by Gasteiger charge is -2.35. The van der Waals surface area contributed by atoms with Gasteiger partial charge in [0.25, 0.3) is 0 Å². The highest BCUT2D eigenvalue weighted by Crippen LogP contribution is 2.10. The third kappa shape index (κ3) is 6.43. The van der Waals surface area contributed by atoms with Gasteiger partial charge in [0.15, 0.2) is 0 Å². The first-order valence-corrected chi connectivity index (χ1v) is 5.83. The molecule has 4 heteroatoms. The summed E-state index contributed by atoms with van der Waals surface area (Å²) in [5.41, 5.74) is -0.262. The molecule has 0 aromatic carbocycles. The SMILES string of the molecule is COCC(COC)(COC(C)C)NC(C)C. The van der Waals surface area contributed by atoms with Crippen molar-refractivity contribution in [2.24, 2.45) is 0 Å². The van der Waals surface area contributed by atoms with Crippen LogP contribution in [0.5, 0.6) is 0 Å². The van der Waals surface area contributed by atoms with Crippen molar-refractivity contribution in [1.29, 1.82) is 0 Å². The highest BCUT2D eigenvalue weighted by Gasteiger charge is 2.31. The molecule has 0 amide bonds. The number of hydrogen-bond donors (Lipinski definition) is 1. The van der Waals surface area contributed by atoms with E-state index in [0.717, 1.165) is 0 Å². The van der Waals surface area contributed by atoms with Gasteiger partial charge in [0.1, 0.15) is 0 Å². The molecule has 0 aromatic heterocycles. The predicted molar refractivity (Wildman–Crippen MR) is 65.8 cm³/mol. The van der Waals surface area contributed by atoms with Gasteiger partial charge in [-0.05, 0) is 13.8 Å². The molecule has 0 heterocycles. The predicted octanol–water partition coefficient (Wildman–Crippen LogP) is 1.44. The van der Waals surface area contributed by atoms with Crippen LogP contribution in [-0.2, 0) is 14.2 Å². The van der Waals surface area contributed by atoms with E-state index in [0.29, 0.717) is 25.9 Å². The van der Waals surface area contributed by atoms with Crippen LogP contribution in [0, 0.1) is 0 Å². The van der Waals surface area contributed by atoms with Crippen LogP contribution < -0.4 is 5.32 Å². The molecule has 0 rings (SSSR count). The van der Waals surface area contributed by atoms with Crippen LogP contribution in [0.1, 0.15) is 27.7 Å². The minimum atomic E-state index is -0.262. The Morgan fingerprint density at radius 3 is 1.75 bits per heavy atom. The van der Waals surface area contributed by atoms with E-state index in [2.05, 4.69) is 19.2 Å². The second kappa shape index (κ2) is 8.01. The fourth-order valence-electron chi connectivity index (χ4n) is 1.74. The maximum atomic E-state index is 5.69. The van der Waals surface area contributed by atoms with Crippen LogP contribution in [0.15, 0.2) is 0 Å². The normalized spacial score (nSPS) is 12.8. The molecule has 0 spiro atoms. The maximum Gasteiger partial charge on any atom is 0.0891 e. The standard InChI is InChI=1S/C12H27NO3/c1-10(2)13-12(7-14-5,8-15-6)9-16-11(3)4/h10-11,13H,7-9H2,1-6H3. The molecule has 0 aliphatic rings. The summed E-state index contributed by atoms with van der Waals surface area (Å²) < 4.78 is 16.2. The van der Waals surface area contributed by atoms with Crippen molar-refractivity contribution in [3.8, 4) is 0 Å². The Labute approximate surface area is 99.6 Å². The molecule has 0 saturated carbocycles. The lowest BCUT2D eigenvalue weighted by molar-refractivity contribution is -0.0393. The van der Waals surface area contributed by atoms with Gasteiger partial charge in [-0.25, -0.2) is 0 Å². The lowest BCUT2D eigenvalue weighted by Crippen LogP contribution is -2.58. The van der Waals surface area contributed by atoms with E-state index >= 15 is 0 Å². The molecular weight excluding hydrogens is 206 g/mol. The zero-order valence-electron chi connectivity index (χ0n) is 11.5. The number of rotatable bonds is 9. The third-order valence-electron chi connectivity index (χ3n) is 2.13. The number of methoxy groups -OCH3 is 2. The van der Waals surface area contributed by atoms with E-state index in [1.54, 1.807) is 14.2 Å². The number of nitrogens with one attached hydrogen (secondary N) is 1. The zero-order chi connectivity index (χ0) is 12.6. The third-order valence-corrected chi connectivity index (χ3v) is 2.13. The largest absolute Gasteiger partial charge is 0.383 e. The Morgan fingerprint density at radius 1 is 0.938 bits per heavy atom.